The lowest BCUT2D eigenvalue weighted by atomic mass is 10.2. The summed E-state index contributed by atoms with van der Waals surface area (Å²) in [6, 6.07) is 1.59. The number of halogens is 3. The van der Waals surface area contributed by atoms with Gasteiger partial charge in [0.1, 0.15) is 12.4 Å². The Morgan fingerprint density at radius 3 is 2.05 bits per heavy atom. The third kappa shape index (κ3) is 9.28. The quantitative estimate of drug-likeness (QED) is 0.246. The van der Waals surface area contributed by atoms with Gasteiger partial charge in [-0.05, 0) is 6.08 Å². The first kappa shape index (κ1) is 18.9. The Balaban J connectivity index is 0. The molecule has 0 unspecified atom stereocenters. The number of hydrogen-bond acceptors (Lipinski definition) is 2. The van der Waals surface area contributed by atoms with Crippen LogP contribution in [0.4, 0.5) is 13.2 Å². The van der Waals surface area contributed by atoms with Crippen LogP contribution in [-0.2, 0) is 4.74 Å². The van der Waals surface area contributed by atoms with E-state index in [2.05, 4.69) is 38.6 Å². The van der Waals surface area contributed by atoms with Crippen molar-refractivity contribution in [3.8, 4) is 6.07 Å². The summed E-state index contributed by atoms with van der Waals surface area (Å²) in [6.45, 7) is 15.5. The highest BCUT2D eigenvalue weighted by atomic mass is 19.4. The van der Waals surface area contributed by atoms with E-state index < -0.39 is 17.5 Å². The van der Waals surface area contributed by atoms with Crippen LogP contribution in [0.3, 0.4) is 0 Å². The molecule has 0 aromatic carbocycles. The number of nitrogens with zero attached hydrogens (tertiary/aromatic N) is 1. The normalized spacial score (nSPS) is 10.1. The van der Waals surface area contributed by atoms with E-state index in [-0.39, 0.29) is 12.2 Å². The van der Waals surface area contributed by atoms with E-state index >= 15 is 0 Å². The van der Waals surface area contributed by atoms with Gasteiger partial charge in [-0.2, -0.15) is 18.4 Å². The highest BCUT2D eigenvalue weighted by Gasteiger charge is 2.35. The first-order valence-electron chi connectivity index (χ1n) is 4.84. The minimum Gasteiger partial charge on any atom is -0.489 e. The van der Waals surface area contributed by atoms with Crippen molar-refractivity contribution in [2.24, 2.45) is 0 Å². The number of rotatable bonds is 5. The van der Waals surface area contributed by atoms with E-state index in [1.54, 1.807) is 6.07 Å². The van der Waals surface area contributed by atoms with Crippen molar-refractivity contribution >= 4 is 0 Å². The molecule has 0 bridgehead atoms. The third-order valence-electron chi connectivity index (χ3n) is 1.45. The van der Waals surface area contributed by atoms with Crippen molar-refractivity contribution in [1.29, 1.82) is 5.26 Å². The monoisotopic (exact) mass is 269 g/mol. The maximum absolute atomic E-state index is 12.3. The van der Waals surface area contributed by atoms with Gasteiger partial charge in [-0.25, -0.2) is 0 Å². The van der Waals surface area contributed by atoms with Crippen LogP contribution in [0.25, 0.3) is 0 Å². The minimum atomic E-state index is -4.61. The standard InChI is InChI=1S/C11H10F3NO.C3H4/c1-4-5-16-10(6-8(2)7-15)9(3)11(12,13)14;1-3-2/h4,6H,1-3,5H2;1-2H2/b10-6+;. The zero-order chi connectivity index (χ0) is 15.5. The third-order valence-corrected chi connectivity index (χ3v) is 1.45. The van der Waals surface area contributed by atoms with Gasteiger partial charge < -0.3 is 4.74 Å². The van der Waals surface area contributed by atoms with Gasteiger partial charge in [0.05, 0.1) is 11.6 Å². The van der Waals surface area contributed by atoms with Gasteiger partial charge in [0.25, 0.3) is 0 Å². The lowest BCUT2D eigenvalue weighted by molar-refractivity contribution is -0.0931. The average Bonchev–Trinajstić information content (AvgIpc) is 2.33. The Morgan fingerprint density at radius 2 is 1.74 bits per heavy atom. The summed E-state index contributed by atoms with van der Waals surface area (Å²) in [4.78, 5) is 0. The Labute approximate surface area is 110 Å². The summed E-state index contributed by atoms with van der Waals surface area (Å²) in [5.74, 6) is -0.529. The molecule has 0 amide bonds. The maximum atomic E-state index is 12.3. The van der Waals surface area contributed by atoms with Gasteiger partial charge in [0.15, 0.2) is 0 Å². The fourth-order valence-electron chi connectivity index (χ4n) is 0.695. The smallest absolute Gasteiger partial charge is 0.419 e. The molecule has 0 N–H and O–H groups in total. The molecule has 102 valence electrons. The number of hydrogen-bond donors (Lipinski definition) is 0. The second-order valence-corrected chi connectivity index (χ2v) is 2.97. The number of allylic oxidation sites excluding steroid dienone is 3. The summed E-state index contributed by atoms with van der Waals surface area (Å²) in [5, 5.41) is 8.41. The molecule has 0 saturated heterocycles. The van der Waals surface area contributed by atoms with Gasteiger partial charge in [-0.15, -0.1) is 5.73 Å². The summed E-state index contributed by atoms with van der Waals surface area (Å²) in [7, 11) is 0. The molecule has 0 aliphatic rings. The van der Waals surface area contributed by atoms with Gasteiger partial charge in [0, 0.05) is 5.57 Å². The lowest BCUT2D eigenvalue weighted by Crippen LogP contribution is -2.14. The van der Waals surface area contributed by atoms with E-state index in [0.29, 0.717) is 0 Å². The molecule has 0 fully saturated rings. The molecule has 19 heavy (non-hydrogen) atoms. The zero-order valence-corrected chi connectivity index (χ0v) is 10.4. The van der Waals surface area contributed by atoms with E-state index in [9.17, 15) is 13.2 Å². The Bertz CT molecular complexity index is 444. The first-order chi connectivity index (χ1) is 8.74. The van der Waals surface area contributed by atoms with Crippen LogP contribution in [0, 0.1) is 11.3 Å². The number of nitriles is 1. The van der Waals surface area contributed by atoms with Crippen molar-refractivity contribution in [3.63, 3.8) is 0 Å². The predicted molar refractivity (Wildman–Crippen MR) is 68.9 cm³/mol. The average molecular weight is 269 g/mol. The Morgan fingerprint density at radius 1 is 1.26 bits per heavy atom. The first-order valence-corrected chi connectivity index (χ1v) is 4.84. The van der Waals surface area contributed by atoms with E-state index in [1.165, 1.54) is 6.08 Å². The predicted octanol–water partition coefficient (Wildman–Crippen LogP) is 4.23. The zero-order valence-electron chi connectivity index (χ0n) is 10.4. The van der Waals surface area contributed by atoms with Crippen LogP contribution in [0.5, 0.6) is 0 Å². The molecule has 5 heteroatoms. The Kier molecular flexibility index (Phi) is 9.53. The molecule has 0 aromatic rings. The molecule has 0 aliphatic carbocycles. The van der Waals surface area contributed by atoms with Crippen molar-refractivity contribution in [2.75, 3.05) is 6.61 Å². The highest BCUT2D eigenvalue weighted by molar-refractivity contribution is 5.39. The number of ether oxygens (including phenoxy) is 1. The molecule has 0 saturated carbocycles. The summed E-state index contributed by atoms with van der Waals surface area (Å²) in [6.07, 6.45) is -2.44. The van der Waals surface area contributed by atoms with E-state index in [4.69, 9.17) is 10.00 Å². The fourth-order valence-corrected chi connectivity index (χ4v) is 0.695. The summed E-state index contributed by atoms with van der Waals surface area (Å²) >= 11 is 0. The molecular weight excluding hydrogens is 255 g/mol. The maximum Gasteiger partial charge on any atom is 0.419 e. The van der Waals surface area contributed by atoms with Crippen molar-refractivity contribution in [3.05, 3.63) is 67.7 Å². The van der Waals surface area contributed by atoms with Crippen molar-refractivity contribution in [2.45, 2.75) is 6.18 Å². The largest absolute Gasteiger partial charge is 0.489 e. The van der Waals surface area contributed by atoms with Crippen molar-refractivity contribution in [1.82, 2.24) is 0 Å². The molecule has 0 atom stereocenters. The summed E-state index contributed by atoms with van der Waals surface area (Å²) < 4.78 is 41.7. The molecule has 0 rings (SSSR count). The van der Waals surface area contributed by atoms with Gasteiger partial charge in [0.2, 0.25) is 0 Å². The number of alkyl halides is 3. The Hall–Kier alpha value is -2.44. The molecule has 0 spiro atoms. The SMILES string of the molecule is C=C=C.C=CCO/C(=C/C(=C)C#N)C(=C)C(F)(F)F. The fraction of sp³-hybridized carbons (Fsp3) is 0.143. The minimum absolute atomic E-state index is 0.111. The highest BCUT2D eigenvalue weighted by Crippen LogP contribution is 2.30. The molecule has 0 radical (unpaired) electrons. The van der Waals surface area contributed by atoms with E-state index in [0.717, 1.165) is 6.08 Å². The van der Waals surface area contributed by atoms with Gasteiger partial charge in [-0.3, -0.25) is 0 Å². The molecular formula is C14H14F3NO. The summed E-state index contributed by atoms with van der Waals surface area (Å²) in [5.41, 5.74) is 0.940. The van der Waals surface area contributed by atoms with Crippen LogP contribution in [0.15, 0.2) is 67.7 Å². The lowest BCUT2D eigenvalue weighted by Gasteiger charge is -2.14. The van der Waals surface area contributed by atoms with Crippen LogP contribution >= 0.6 is 0 Å². The van der Waals surface area contributed by atoms with Crippen LogP contribution in [0.2, 0.25) is 0 Å². The molecule has 2 nitrogen and oxygen atoms in total. The second-order valence-electron chi connectivity index (χ2n) is 2.97. The van der Waals surface area contributed by atoms with Gasteiger partial charge >= 0.3 is 6.18 Å². The van der Waals surface area contributed by atoms with Crippen LogP contribution in [-0.4, -0.2) is 12.8 Å². The molecule has 0 aromatic heterocycles. The van der Waals surface area contributed by atoms with Crippen LogP contribution < -0.4 is 0 Å². The van der Waals surface area contributed by atoms with Crippen LogP contribution in [0.1, 0.15) is 0 Å². The molecule has 0 heterocycles. The molecule has 0 aliphatic heterocycles. The second kappa shape index (κ2) is 9.58. The van der Waals surface area contributed by atoms with E-state index in [1.807, 2.05) is 0 Å². The van der Waals surface area contributed by atoms with Crippen molar-refractivity contribution < 1.29 is 17.9 Å². The van der Waals surface area contributed by atoms with Gasteiger partial charge in [-0.1, -0.05) is 39.0 Å². The topological polar surface area (TPSA) is 33.0 Å².